The number of imide groups is 1. The molecule has 0 N–H and O–H groups in total. The third-order valence-electron chi connectivity index (χ3n) is 3.83. The van der Waals surface area contributed by atoms with E-state index in [4.69, 9.17) is 4.74 Å². The summed E-state index contributed by atoms with van der Waals surface area (Å²) in [4.78, 5) is 26.2. The molecule has 2 atom stereocenters. The van der Waals surface area contributed by atoms with Crippen LogP contribution in [0.3, 0.4) is 0 Å². The first-order chi connectivity index (χ1) is 9.24. The van der Waals surface area contributed by atoms with Crippen LogP contribution in [-0.4, -0.2) is 18.9 Å². The van der Waals surface area contributed by atoms with Gasteiger partial charge in [0.15, 0.2) is 0 Å². The number of anilines is 1. The van der Waals surface area contributed by atoms with Crippen LogP contribution in [0.1, 0.15) is 12.8 Å². The smallest absolute Gasteiger partial charge is 0.238 e. The summed E-state index contributed by atoms with van der Waals surface area (Å²) in [6.45, 7) is 0. The van der Waals surface area contributed by atoms with E-state index in [2.05, 4.69) is 0 Å². The molecule has 1 heterocycles. The van der Waals surface area contributed by atoms with Crippen molar-refractivity contribution < 1.29 is 14.3 Å². The Bertz CT molecular complexity index is 538. The molecule has 1 aliphatic carbocycles. The first-order valence-corrected chi connectivity index (χ1v) is 6.40. The van der Waals surface area contributed by atoms with E-state index in [1.807, 2.05) is 18.2 Å². The predicted octanol–water partition coefficient (Wildman–Crippen LogP) is 2.15. The second-order valence-electron chi connectivity index (χ2n) is 4.84. The number of fused-ring (bicyclic) bond motifs is 1. The van der Waals surface area contributed by atoms with Crippen LogP contribution in [0.25, 0.3) is 0 Å². The Morgan fingerprint density at radius 2 is 1.63 bits per heavy atom. The number of allylic oxidation sites excluding steroid dienone is 2. The highest BCUT2D eigenvalue weighted by Gasteiger charge is 2.48. The van der Waals surface area contributed by atoms with Crippen molar-refractivity contribution in [2.24, 2.45) is 11.8 Å². The number of ether oxygens (including phenoxy) is 1. The molecule has 98 valence electrons. The quantitative estimate of drug-likeness (QED) is 0.602. The molecule has 19 heavy (non-hydrogen) atoms. The number of benzene rings is 1. The summed E-state index contributed by atoms with van der Waals surface area (Å²) < 4.78 is 5.25. The van der Waals surface area contributed by atoms with Gasteiger partial charge in [0, 0.05) is 0 Å². The van der Waals surface area contributed by atoms with Gasteiger partial charge in [-0.2, -0.15) is 0 Å². The van der Waals surface area contributed by atoms with E-state index in [-0.39, 0.29) is 23.7 Å². The molecule has 1 aliphatic heterocycles. The zero-order valence-corrected chi connectivity index (χ0v) is 10.7. The molecule has 1 aromatic rings. The minimum absolute atomic E-state index is 0.108. The molecule has 0 bridgehead atoms. The lowest BCUT2D eigenvalue weighted by Crippen LogP contribution is -2.31. The van der Waals surface area contributed by atoms with Crippen LogP contribution in [-0.2, 0) is 9.59 Å². The van der Waals surface area contributed by atoms with Gasteiger partial charge in [-0.05, 0) is 25.0 Å². The van der Waals surface area contributed by atoms with E-state index in [0.717, 1.165) is 0 Å². The number of carbonyl (C=O) groups is 2. The maximum absolute atomic E-state index is 12.4. The maximum atomic E-state index is 12.4. The van der Waals surface area contributed by atoms with Crippen molar-refractivity contribution in [3.05, 3.63) is 36.4 Å². The fraction of sp³-hybridized carbons (Fsp3) is 0.333. The minimum Gasteiger partial charge on any atom is -0.495 e. The lowest BCUT2D eigenvalue weighted by Gasteiger charge is -2.17. The average molecular weight is 257 g/mol. The summed E-state index contributed by atoms with van der Waals surface area (Å²) >= 11 is 0. The van der Waals surface area contributed by atoms with E-state index < -0.39 is 0 Å². The highest BCUT2D eigenvalue weighted by molar-refractivity contribution is 6.22. The van der Waals surface area contributed by atoms with Gasteiger partial charge in [-0.25, -0.2) is 4.90 Å². The van der Waals surface area contributed by atoms with Crippen molar-refractivity contribution in [1.82, 2.24) is 0 Å². The molecule has 0 saturated carbocycles. The fourth-order valence-electron chi connectivity index (χ4n) is 2.85. The summed E-state index contributed by atoms with van der Waals surface area (Å²) in [6, 6.07) is 7.14. The second-order valence-corrected chi connectivity index (χ2v) is 4.84. The summed E-state index contributed by atoms with van der Waals surface area (Å²) in [7, 11) is 1.54. The molecule has 4 heteroatoms. The monoisotopic (exact) mass is 257 g/mol. The van der Waals surface area contributed by atoms with E-state index in [9.17, 15) is 9.59 Å². The van der Waals surface area contributed by atoms with E-state index in [0.29, 0.717) is 24.3 Å². The van der Waals surface area contributed by atoms with Crippen molar-refractivity contribution in [2.75, 3.05) is 12.0 Å². The summed E-state index contributed by atoms with van der Waals surface area (Å²) in [5.41, 5.74) is 0.550. The van der Waals surface area contributed by atoms with Crippen LogP contribution in [0.5, 0.6) is 5.75 Å². The molecule has 2 aliphatic rings. The van der Waals surface area contributed by atoms with Crippen LogP contribution in [0.4, 0.5) is 5.69 Å². The summed E-state index contributed by atoms with van der Waals surface area (Å²) in [5.74, 6) is -0.0756. The van der Waals surface area contributed by atoms with Crippen molar-refractivity contribution in [1.29, 1.82) is 0 Å². The number of hydrogen-bond donors (Lipinski definition) is 0. The molecular formula is C15H15NO3. The number of hydrogen-bond acceptors (Lipinski definition) is 3. The number of rotatable bonds is 2. The highest BCUT2D eigenvalue weighted by Crippen LogP contribution is 2.40. The van der Waals surface area contributed by atoms with Gasteiger partial charge in [0.05, 0.1) is 24.6 Å². The Labute approximate surface area is 111 Å². The first kappa shape index (κ1) is 12.0. The molecule has 2 amide bonds. The third kappa shape index (κ3) is 1.75. The van der Waals surface area contributed by atoms with Gasteiger partial charge in [-0.1, -0.05) is 24.3 Å². The van der Waals surface area contributed by atoms with E-state index in [1.54, 1.807) is 25.3 Å². The molecule has 1 fully saturated rings. The van der Waals surface area contributed by atoms with Crippen molar-refractivity contribution in [2.45, 2.75) is 12.8 Å². The van der Waals surface area contributed by atoms with Gasteiger partial charge in [0.25, 0.3) is 0 Å². The van der Waals surface area contributed by atoms with E-state index >= 15 is 0 Å². The standard InChI is InChI=1S/C15H15NO3/c1-19-13-9-5-4-8-12(13)16-14(17)10-6-2-3-7-11(10)15(16)18/h2-5,8-11H,6-7H2,1H3/t10-,11-/m0/s1. The molecule has 1 saturated heterocycles. The zero-order valence-electron chi connectivity index (χ0n) is 10.7. The van der Waals surface area contributed by atoms with Gasteiger partial charge in [-0.3, -0.25) is 9.59 Å². The summed E-state index contributed by atoms with van der Waals surface area (Å²) in [6.07, 6.45) is 5.28. The summed E-state index contributed by atoms with van der Waals surface area (Å²) in [5, 5.41) is 0. The Balaban J connectivity index is 2.02. The number of nitrogens with zero attached hydrogens (tertiary/aromatic N) is 1. The minimum atomic E-state index is -0.206. The normalized spacial score (nSPS) is 25.6. The average Bonchev–Trinajstić information content (AvgIpc) is 2.71. The third-order valence-corrected chi connectivity index (χ3v) is 3.83. The first-order valence-electron chi connectivity index (χ1n) is 6.40. The van der Waals surface area contributed by atoms with Crippen LogP contribution >= 0.6 is 0 Å². The molecular weight excluding hydrogens is 242 g/mol. The van der Waals surface area contributed by atoms with Crippen molar-refractivity contribution >= 4 is 17.5 Å². The van der Waals surface area contributed by atoms with Crippen molar-refractivity contribution in [3.8, 4) is 5.75 Å². The molecule has 3 rings (SSSR count). The molecule has 1 aromatic carbocycles. The maximum Gasteiger partial charge on any atom is 0.238 e. The van der Waals surface area contributed by atoms with Crippen LogP contribution < -0.4 is 9.64 Å². The molecule has 0 aromatic heterocycles. The van der Waals surface area contributed by atoms with Crippen molar-refractivity contribution in [3.63, 3.8) is 0 Å². The zero-order chi connectivity index (χ0) is 13.4. The Hall–Kier alpha value is -2.10. The number of para-hydroxylation sites is 2. The Kier molecular flexibility index (Phi) is 2.85. The van der Waals surface area contributed by atoms with Gasteiger partial charge in [0.2, 0.25) is 11.8 Å². The number of carbonyl (C=O) groups excluding carboxylic acids is 2. The molecule has 0 unspecified atom stereocenters. The SMILES string of the molecule is COc1ccccc1N1C(=O)[C@H]2CC=CC[C@@H]2C1=O. The number of amides is 2. The van der Waals surface area contributed by atoms with Gasteiger partial charge in [0.1, 0.15) is 5.75 Å². The largest absolute Gasteiger partial charge is 0.495 e. The molecule has 4 nitrogen and oxygen atoms in total. The van der Waals surface area contributed by atoms with Crippen LogP contribution in [0.15, 0.2) is 36.4 Å². The Morgan fingerprint density at radius 3 is 2.21 bits per heavy atom. The Morgan fingerprint density at radius 1 is 1.05 bits per heavy atom. The van der Waals surface area contributed by atoms with Crippen LogP contribution in [0.2, 0.25) is 0 Å². The van der Waals surface area contributed by atoms with Crippen LogP contribution in [0, 0.1) is 11.8 Å². The van der Waals surface area contributed by atoms with Gasteiger partial charge < -0.3 is 4.74 Å². The topological polar surface area (TPSA) is 46.6 Å². The van der Waals surface area contributed by atoms with Gasteiger partial charge in [-0.15, -0.1) is 0 Å². The highest BCUT2D eigenvalue weighted by atomic mass is 16.5. The molecule has 0 radical (unpaired) electrons. The van der Waals surface area contributed by atoms with E-state index in [1.165, 1.54) is 4.90 Å². The number of methoxy groups -OCH3 is 1. The fourth-order valence-corrected chi connectivity index (χ4v) is 2.85. The lowest BCUT2D eigenvalue weighted by atomic mass is 9.85. The predicted molar refractivity (Wildman–Crippen MR) is 70.8 cm³/mol. The second kappa shape index (κ2) is 4.53. The molecule has 0 spiro atoms. The lowest BCUT2D eigenvalue weighted by molar-refractivity contribution is -0.122. The van der Waals surface area contributed by atoms with Gasteiger partial charge >= 0.3 is 0 Å².